The number of hydrogen-bond acceptors (Lipinski definition) is 8. The number of carboxylic acids is 2. The van der Waals surface area contributed by atoms with E-state index in [-0.39, 0.29) is 6.42 Å². The third kappa shape index (κ3) is 10.5. The molecule has 0 rings (SSSR count). The second-order valence-corrected chi connectivity index (χ2v) is 8.33. The van der Waals surface area contributed by atoms with Crippen LogP contribution in [-0.2, 0) is 24.0 Å². The summed E-state index contributed by atoms with van der Waals surface area (Å²) < 4.78 is 0. The first kappa shape index (κ1) is 28.6. The Labute approximate surface area is 184 Å². The fourth-order valence-corrected chi connectivity index (χ4v) is 2.95. The van der Waals surface area contributed by atoms with Crippen molar-refractivity contribution in [1.29, 1.82) is 0 Å². The van der Waals surface area contributed by atoms with Gasteiger partial charge in [-0.2, -0.15) is 11.8 Å². The lowest BCUT2D eigenvalue weighted by molar-refractivity contribution is -0.143. The predicted molar refractivity (Wildman–Crippen MR) is 113 cm³/mol. The van der Waals surface area contributed by atoms with E-state index in [1.165, 1.54) is 18.7 Å². The fourth-order valence-electron chi connectivity index (χ4n) is 2.48. The van der Waals surface area contributed by atoms with Crippen LogP contribution in [0.25, 0.3) is 0 Å². The van der Waals surface area contributed by atoms with Gasteiger partial charge in [0.2, 0.25) is 17.7 Å². The molecular weight excluding hydrogens is 432 g/mol. The van der Waals surface area contributed by atoms with E-state index < -0.39 is 72.3 Å². The zero-order chi connectivity index (χ0) is 24.3. The van der Waals surface area contributed by atoms with E-state index in [0.29, 0.717) is 5.75 Å². The van der Waals surface area contributed by atoms with E-state index in [4.69, 9.17) is 10.8 Å². The van der Waals surface area contributed by atoms with Gasteiger partial charge in [-0.05, 0) is 31.3 Å². The number of thioether (sulfide) groups is 1. The normalized spacial score (nSPS) is 15.8. The average molecular weight is 465 g/mol. The van der Waals surface area contributed by atoms with Crippen molar-refractivity contribution < 1.29 is 39.3 Å². The highest BCUT2D eigenvalue weighted by atomic mass is 32.2. The number of carbonyl (C=O) groups excluding carboxylic acids is 3. The summed E-state index contributed by atoms with van der Waals surface area (Å²) in [4.78, 5) is 59.4. The van der Waals surface area contributed by atoms with E-state index in [2.05, 4.69) is 16.0 Å². The number of rotatable bonds is 14. The molecule has 3 amide bonds. The van der Waals surface area contributed by atoms with Gasteiger partial charge in [-0.1, -0.05) is 13.8 Å². The number of carboxylic acid groups (broad SMARTS) is 2. The Bertz CT molecular complexity index is 658. The first-order valence-corrected chi connectivity index (χ1v) is 11.0. The summed E-state index contributed by atoms with van der Waals surface area (Å²) in [6, 6.07) is -5.23. The molecule has 0 radical (unpaired) electrons. The van der Waals surface area contributed by atoms with Crippen molar-refractivity contribution in [3.63, 3.8) is 0 Å². The van der Waals surface area contributed by atoms with Gasteiger partial charge in [0, 0.05) is 0 Å². The molecule has 178 valence electrons. The largest absolute Gasteiger partial charge is 0.481 e. The minimum atomic E-state index is -1.50. The van der Waals surface area contributed by atoms with Crippen molar-refractivity contribution in [2.45, 2.75) is 63.9 Å². The summed E-state index contributed by atoms with van der Waals surface area (Å²) in [6.45, 7) is 4.46. The maximum atomic E-state index is 12.7. The number of nitrogens with two attached hydrogens (primary N) is 1. The molecule has 31 heavy (non-hydrogen) atoms. The van der Waals surface area contributed by atoms with Crippen molar-refractivity contribution in [3.8, 4) is 0 Å². The molecule has 5 unspecified atom stereocenters. The maximum Gasteiger partial charge on any atom is 0.326 e. The predicted octanol–water partition coefficient (Wildman–Crippen LogP) is -1.88. The Balaban J connectivity index is 5.38. The molecule has 0 aromatic heterocycles. The molecule has 0 heterocycles. The van der Waals surface area contributed by atoms with Gasteiger partial charge in [0.15, 0.2) is 0 Å². The van der Waals surface area contributed by atoms with Gasteiger partial charge in [-0.15, -0.1) is 0 Å². The quantitative estimate of drug-likeness (QED) is 0.152. The van der Waals surface area contributed by atoms with Crippen LogP contribution in [0.15, 0.2) is 0 Å². The lowest BCUT2D eigenvalue weighted by atomic mass is 10.0. The fraction of sp³-hybridized carbons (Fsp3) is 0.722. The topological polar surface area (TPSA) is 208 Å². The van der Waals surface area contributed by atoms with Gasteiger partial charge >= 0.3 is 11.9 Å². The average Bonchev–Trinajstić information content (AvgIpc) is 2.65. The second-order valence-electron chi connectivity index (χ2n) is 7.34. The molecule has 13 heteroatoms. The zero-order valence-electron chi connectivity index (χ0n) is 18.0. The van der Waals surface area contributed by atoms with Crippen molar-refractivity contribution in [2.75, 3.05) is 12.0 Å². The number of nitrogens with one attached hydrogen (secondary N) is 3. The van der Waals surface area contributed by atoms with E-state index in [0.717, 1.165) is 0 Å². The number of hydrogen-bond donors (Lipinski definition) is 7. The monoisotopic (exact) mass is 464 g/mol. The van der Waals surface area contributed by atoms with Crippen LogP contribution in [0.4, 0.5) is 0 Å². The van der Waals surface area contributed by atoms with E-state index in [9.17, 15) is 34.2 Å². The number of amides is 3. The van der Waals surface area contributed by atoms with Gasteiger partial charge in [0.25, 0.3) is 0 Å². The van der Waals surface area contributed by atoms with E-state index >= 15 is 0 Å². The van der Waals surface area contributed by atoms with Crippen LogP contribution in [0.5, 0.6) is 0 Å². The molecule has 0 spiro atoms. The Kier molecular flexibility index (Phi) is 12.8. The lowest BCUT2D eigenvalue weighted by Crippen LogP contribution is -2.60. The van der Waals surface area contributed by atoms with Crippen LogP contribution in [-0.4, -0.2) is 87.3 Å². The third-order valence-electron chi connectivity index (χ3n) is 4.27. The SMILES string of the molecule is CSCCC(NC(=O)C(NC(=O)C(N)CC(=O)O)C(C)O)C(=O)NC(C(=O)O)C(C)C. The van der Waals surface area contributed by atoms with Crippen molar-refractivity contribution in [2.24, 2.45) is 11.7 Å². The molecule has 0 bridgehead atoms. The molecule has 0 saturated carbocycles. The summed E-state index contributed by atoms with van der Waals surface area (Å²) in [7, 11) is 0. The van der Waals surface area contributed by atoms with Gasteiger partial charge in [0.1, 0.15) is 18.1 Å². The highest BCUT2D eigenvalue weighted by Crippen LogP contribution is 2.07. The summed E-state index contributed by atoms with van der Waals surface area (Å²) >= 11 is 1.40. The number of aliphatic carboxylic acids is 2. The Morgan fingerprint density at radius 2 is 1.45 bits per heavy atom. The molecule has 8 N–H and O–H groups in total. The molecule has 0 fully saturated rings. The van der Waals surface area contributed by atoms with Gasteiger partial charge < -0.3 is 37.0 Å². The lowest BCUT2D eigenvalue weighted by Gasteiger charge is -2.27. The smallest absolute Gasteiger partial charge is 0.326 e. The highest BCUT2D eigenvalue weighted by Gasteiger charge is 2.33. The van der Waals surface area contributed by atoms with Gasteiger partial charge in [-0.25, -0.2) is 4.79 Å². The standard InChI is InChI=1S/C18H32N4O8S/c1-8(2)13(18(29)30)21-16(27)11(5-6-31-4)20-17(28)14(9(3)23)22-15(26)10(19)7-12(24)25/h8-11,13-14,23H,5-7,19H2,1-4H3,(H,20,28)(H,21,27)(H,22,26)(H,24,25)(H,29,30). The third-order valence-corrected chi connectivity index (χ3v) is 4.91. The first-order valence-electron chi connectivity index (χ1n) is 9.60. The number of aliphatic hydroxyl groups is 1. The van der Waals surface area contributed by atoms with Crippen LogP contribution in [0.2, 0.25) is 0 Å². The minimum Gasteiger partial charge on any atom is -0.481 e. The molecule has 0 aliphatic rings. The Hall–Kier alpha value is -2.38. The Morgan fingerprint density at radius 3 is 1.87 bits per heavy atom. The summed E-state index contributed by atoms with van der Waals surface area (Å²) in [5, 5.41) is 34.9. The molecule has 0 aliphatic heterocycles. The summed E-state index contributed by atoms with van der Waals surface area (Å²) in [5.41, 5.74) is 5.46. The molecular formula is C18H32N4O8S. The van der Waals surface area contributed by atoms with E-state index in [1.54, 1.807) is 20.1 Å². The van der Waals surface area contributed by atoms with Crippen LogP contribution in [0, 0.1) is 5.92 Å². The molecule has 0 saturated heterocycles. The highest BCUT2D eigenvalue weighted by molar-refractivity contribution is 7.98. The maximum absolute atomic E-state index is 12.7. The first-order chi connectivity index (χ1) is 14.3. The zero-order valence-corrected chi connectivity index (χ0v) is 18.8. The molecule has 0 aromatic carbocycles. The van der Waals surface area contributed by atoms with Crippen LogP contribution in [0.3, 0.4) is 0 Å². The van der Waals surface area contributed by atoms with Gasteiger partial charge in [-0.3, -0.25) is 19.2 Å². The molecule has 0 aromatic rings. The van der Waals surface area contributed by atoms with Crippen molar-refractivity contribution >= 4 is 41.4 Å². The molecule has 12 nitrogen and oxygen atoms in total. The summed E-state index contributed by atoms with van der Waals surface area (Å²) in [6.07, 6.45) is -0.104. The van der Waals surface area contributed by atoms with Crippen LogP contribution >= 0.6 is 11.8 Å². The van der Waals surface area contributed by atoms with Gasteiger partial charge in [0.05, 0.1) is 18.6 Å². The van der Waals surface area contributed by atoms with Crippen LogP contribution in [0.1, 0.15) is 33.6 Å². The molecule has 5 atom stereocenters. The van der Waals surface area contributed by atoms with Crippen molar-refractivity contribution in [1.82, 2.24) is 16.0 Å². The summed E-state index contributed by atoms with van der Waals surface area (Å²) in [5.74, 6) is -5.05. The molecule has 0 aliphatic carbocycles. The Morgan fingerprint density at radius 1 is 0.903 bits per heavy atom. The van der Waals surface area contributed by atoms with E-state index in [1.807, 2.05) is 0 Å². The number of aliphatic hydroxyl groups excluding tert-OH is 1. The van der Waals surface area contributed by atoms with Crippen molar-refractivity contribution in [3.05, 3.63) is 0 Å². The number of carbonyl (C=O) groups is 5. The minimum absolute atomic E-state index is 0.169. The second kappa shape index (κ2) is 13.8. The van der Waals surface area contributed by atoms with Crippen LogP contribution < -0.4 is 21.7 Å².